The average molecular weight is 85.1 g/mol. The van der Waals surface area contributed by atoms with Crippen LogP contribution in [0.1, 0.15) is 0 Å². The zero-order valence-electron chi connectivity index (χ0n) is 3.43. The van der Waals surface area contributed by atoms with Crippen LogP contribution < -0.4 is 5.48 Å². The third-order valence-electron chi connectivity index (χ3n) is 0.495. The van der Waals surface area contributed by atoms with Crippen LogP contribution in [0.5, 0.6) is 0 Å². The maximum Gasteiger partial charge on any atom is 0.108 e. The van der Waals surface area contributed by atoms with E-state index in [1.54, 1.807) is 13.2 Å². The lowest BCUT2D eigenvalue weighted by atomic mass is 10.9. The molecule has 1 aliphatic heterocycles. The molecule has 0 fully saturated rings. The summed E-state index contributed by atoms with van der Waals surface area (Å²) >= 11 is 0. The molecule has 33 valence electrons. The summed E-state index contributed by atoms with van der Waals surface area (Å²) in [5.41, 5.74) is 2.39. The third-order valence-corrected chi connectivity index (χ3v) is 0.495. The van der Waals surface area contributed by atoms with E-state index in [4.69, 9.17) is 0 Å². The first-order valence-corrected chi connectivity index (χ1v) is 1.63. The van der Waals surface area contributed by atoms with E-state index in [9.17, 15) is 0 Å². The van der Waals surface area contributed by atoms with E-state index in [-0.39, 0.29) is 0 Å². The Hall–Kier alpha value is -0.700. The van der Waals surface area contributed by atoms with Crippen LogP contribution >= 0.6 is 0 Å². The molecule has 6 heavy (non-hydrogen) atoms. The normalized spacial score (nSPS) is 18.5. The van der Waals surface area contributed by atoms with Crippen molar-refractivity contribution in [1.29, 1.82) is 0 Å². The molecule has 0 aromatic rings. The number of hydrogen-bond acceptors (Lipinski definition) is 3. The molecule has 0 bridgehead atoms. The summed E-state index contributed by atoms with van der Waals surface area (Å²) in [5, 5.41) is 1.51. The van der Waals surface area contributed by atoms with E-state index in [1.165, 1.54) is 5.06 Å². The van der Waals surface area contributed by atoms with Crippen LogP contribution in [0.2, 0.25) is 0 Å². The van der Waals surface area contributed by atoms with Crippen LogP contribution in [0.3, 0.4) is 0 Å². The van der Waals surface area contributed by atoms with Gasteiger partial charge in [-0.1, -0.05) is 0 Å². The van der Waals surface area contributed by atoms with Gasteiger partial charge in [-0.05, 0) is 0 Å². The summed E-state index contributed by atoms with van der Waals surface area (Å²) in [4.78, 5) is 4.57. The van der Waals surface area contributed by atoms with Crippen molar-refractivity contribution in [3.8, 4) is 0 Å². The quantitative estimate of drug-likeness (QED) is 0.435. The van der Waals surface area contributed by atoms with Crippen LogP contribution in [-0.4, -0.2) is 12.1 Å². The predicted octanol–water partition coefficient (Wildman–Crippen LogP) is -0.358. The van der Waals surface area contributed by atoms with E-state index >= 15 is 0 Å². The lowest BCUT2D eigenvalue weighted by molar-refractivity contribution is -0.125. The molecule has 0 saturated heterocycles. The van der Waals surface area contributed by atoms with Gasteiger partial charge in [-0.15, -0.1) is 0 Å². The highest BCUT2D eigenvalue weighted by atomic mass is 16.8. The van der Waals surface area contributed by atoms with Gasteiger partial charge in [-0.3, -0.25) is 0 Å². The first kappa shape index (κ1) is 3.49. The Morgan fingerprint density at radius 2 is 2.83 bits per heavy atom. The monoisotopic (exact) mass is 85.0 g/mol. The molecule has 0 amide bonds. The van der Waals surface area contributed by atoms with Gasteiger partial charge in [0, 0.05) is 7.05 Å². The smallest absolute Gasteiger partial charge is 0.108 e. The lowest BCUT2D eigenvalue weighted by Gasteiger charge is -2.00. The molecule has 1 radical (unpaired) electrons. The Morgan fingerprint density at radius 1 is 2.00 bits per heavy atom. The number of nitrogens with zero attached hydrogens (tertiary/aromatic N) is 1. The van der Waals surface area contributed by atoms with E-state index in [0.717, 1.165) is 0 Å². The van der Waals surface area contributed by atoms with E-state index < -0.39 is 0 Å². The summed E-state index contributed by atoms with van der Waals surface area (Å²) in [6.45, 7) is 0. The van der Waals surface area contributed by atoms with Crippen LogP contribution in [0.25, 0.3) is 0 Å². The molecular weight excluding hydrogens is 80.0 g/mol. The maximum atomic E-state index is 4.57. The number of hydroxylamine groups is 3. The van der Waals surface area contributed by atoms with Crippen molar-refractivity contribution >= 4 is 0 Å². The number of nitrogens with one attached hydrogen (secondary N) is 1. The molecule has 0 unspecified atom stereocenters. The molecule has 3 nitrogen and oxygen atoms in total. The van der Waals surface area contributed by atoms with Crippen molar-refractivity contribution in [2.24, 2.45) is 0 Å². The van der Waals surface area contributed by atoms with Gasteiger partial charge >= 0.3 is 0 Å². The standard InChI is InChI=1S/C3H5N2O/c1-5-3-2-4-6-5/h3-4H,1H3. The minimum atomic E-state index is 1.51. The summed E-state index contributed by atoms with van der Waals surface area (Å²) < 4.78 is 0. The maximum absolute atomic E-state index is 4.57. The highest BCUT2D eigenvalue weighted by molar-refractivity contribution is 4.65. The fraction of sp³-hybridized carbons (Fsp3) is 0.333. The predicted molar refractivity (Wildman–Crippen MR) is 19.8 cm³/mol. The van der Waals surface area contributed by atoms with Gasteiger partial charge < -0.3 is 0 Å². The summed E-state index contributed by atoms with van der Waals surface area (Å²) in [6, 6.07) is 0. The van der Waals surface area contributed by atoms with Crippen molar-refractivity contribution in [2.75, 3.05) is 7.05 Å². The fourth-order valence-corrected chi connectivity index (χ4v) is 0.242. The molecule has 1 rings (SSSR count). The van der Waals surface area contributed by atoms with Crippen molar-refractivity contribution in [2.45, 2.75) is 0 Å². The SMILES string of the molecule is CN1C=[C]NO1. The molecule has 0 atom stereocenters. The average Bonchev–Trinajstić information content (AvgIpc) is 1.86. The molecular formula is C3H5N2O. The molecule has 0 aromatic heterocycles. The minimum Gasteiger partial charge on any atom is -0.238 e. The zero-order valence-corrected chi connectivity index (χ0v) is 3.43. The van der Waals surface area contributed by atoms with E-state index in [0.29, 0.717) is 0 Å². The highest BCUT2D eigenvalue weighted by Gasteiger charge is 1.92. The van der Waals surface area contributed by atoms with Gasteiger partial charge in [-0.25, -0.2) is 10.5 Å². The zero-order chi connectivity index (χ0) is 4.41. The van der Waals surface area contributed by atoms with Crippen LogP contribution in [0.15, 0.2) is 6.20 Å². The molecule has 3 heteroatoms. The van der Waals surface area contributed by atoms with Crippen molar-refractivity contribution in [3.05, 3.63) is 12.4 Å². The first-order valence-electron chi connectivity index (χ1n) is 1.63. The molecule has 0 spiro atoms. The second-order valence-electron chi connectivity index (χ2n) is 1.01. The molecule has 0 aromatic carbocycles. The number of rotatable bonds is 0. The van der Waals surface area contributed by atoms with Gasteiger partial charge in [0.25, 0.3) is 0 Å². The topological polar surface area (TPSA) is 24.5 Å². The first-order chi connectivity index (χ1) is 2.89. The van der Waals surface area contributed by atoms with Crippen molar-refractivity contribution in [3.63, 3.8) is 0 Å². The molecule has 0 saturated carbocycles. The molecule has 1 heterocycles. The van der Waals surface area contributed by atoms with Gasteiger partial charge in [0.2, 0.25) is 0 Å². The molecule has 1 aliphatic rings. The Labute approximate surface area is 36.1 Å². The second-order valence-corrected chi connectivity index (χ2v) is 1.01. The van der Waals surface area contributed by atoms with Crippen LogP contribution in [0, 0.1) is 6.20 Å². The van der Waals surface area contributed by atoms with Crippen LogP contribution in [0.4, 0.5) is 0 Å². The Balaban J connectivity index is 2.38. The van der Waals surface area contributed by atoms with Gasteiger partial charge in [0.05, 0.1) is 6.20 Å². The summed E-state index contributed by atoms with van der Waals surface area (Å²) in [7, 11) is 1.77. The van der Waals surface area contributed by atoms with Gasteiger partial charge in [0.15, 0.2) is 0 Å². The van der Waals surface area contributed by atoms with Gasteiger partial charge in [0.1, 0.15) is 6.20 Å². The Bertz CT molecular complexity index is 71.2. The number of hydrogen-bond donors (Lipinski definition) is 1. The Kier molecular flexibility index (Phi) is 0.686. The van der Waals surface area contributed by atoms with Gasteiger partial charge in [-0.2, -0.15) is 4.94 Å². The van der Waals surface area contributed by atoms with Crippen molar-refractivity contribution in [1.82, 2.24) is 10.5 Å². The van der Waals surface area contributed by atoms with E-state index in [1.807, 2.05) is 0 Å². The largest absolute Gasteiger partial charge is 0.238 e. The second kappa shape index (κ2) is 1.18. The van der Waals surface area contributed by atoms with E-state index in [2.05, 4.69) is 16.6 Å². The van der Waals surface area contributed by atoms with Crippen molar-refractivity contribution < 1.29 is 4.94 Å². The summed E-state index contributed by atoms with van der Waals surface area (Å²) in [5.74, 6) is 0. The summed E-state index contributed by atoms with van der Waals surface area (Å²) in [6.07, 6.45) is 4.25. The molecule has 1 N–H and O–H groups in total. The third kappa shape index (κ3) is 0.440. The van der Waals surface area contributed by atoms with Crippen LogP contribution in [-0.2, 0) is 4.94 Å². The minimum absolute atomic E-state index is 1.51. The highest BCUT2D eigenvalue weighted by Crippen LogP contribution is 1.86. The lowest BCUT2D eigenvalue weighted by Crippen LogP contribution is -2.10. The molecule has 0 aliphatic carbocycles. The Morgan fingerprint density at radius 3 is 3.00 bits per heavy atom. The fourth-order valence-electron chi connectivity index (χ4n) is 0.242.